The fourth-order valence-electron chi connectivity index (χ4n) is 3.73. The molecule has 5 nitrogen and oxygen atoms in total. The number of hydrogen-bond acceptors (Lipinski definition) is 3. The Labute approximate surface area is 179 Å². The maximum Gasteiger partial charge on any atom is 0.269 e. The molecule has 0 fully saturated rings. The molecule has 0 amide bonds. The molecule has 4 aromatic rings. The smallest absolute Gasteiger partial charge is 0.269 e. The van der Waals surface area contributed by atoms with E-state index in [4.69, 9.17) is 0 Å². The van der Waals surface area contributed by atoms with Crippen molar-refractivity contribution < 1.29 is 9.72 Å². The lowest BCUT2D eigenvalue weighted by atomic mass is 10.0. The number of carbonyl (C=O) groups is 1. The molecule has 0 bridgehead atoms. The Hall–Kier alpha value is -4.25. The first-order valence-electron chi connectivity index (χ1n) is 9.84. The molecule has 0 spiro atoms. The van der Waals surface area contributed by atoms with E-state index < -0.39 is 4.92 Å². The van der Waals surface area contributed by atoms with Gasteiger partial charge in [0.25, 0.3) is 5.69 Å². The maximum atomic E-state index is 12.7. The Morgan fingerprint density at radius 2 is 1.65 bits per heavy atom. The highest BCUT2D eigenvalue weighted by Gasteiger charge is 2.16. The van der Waals surface area contributed by atoms with Gasteiger partial charge >= 0.3 is 0 Å². The first-order chi connectivity index (χ1) is 15.1. The minimum absolute atomic E-state index is 0.0422. The van der Waals surface area contributed by atoms with Crippen molar-refractivity contribution in [2.75, 3.05) is 0 Å². The number of aromatic nitrogens is 1. The number of fused-ring (bicyclic) bond motifs is 1. The van der Waals surface area contributed by atoms with Gasteiger partial charge in [0.2, 0.25) is 0 Å². The third-order valence-corrected chi connectivity index (χ3v) is 5.13. The molecule has 0 unspecified atom stereocenters. The average Bonchev–Trinajstić information content (AvgIpc) is 3.12. The summed E-state index contributed by atoms with van der Waals surface area (Å²) in [6.07, 6.45) is 5.20. The number of ketones is 1. The molecule has 152 valence electrons. The second-order valence-electron chi connectivity index (χ2n) is 7.05. The van der Waals surface area contributed by atoms with E-state index in [0.29, 0.717) is 12.1 Å². The molecule has 0 N–H and O–H groups in total. The van der Waals surface area contributed by atoms with E-state index in [9.17, 15) is 14.9 Å². The first kappa shape index (κ1) is 20.0. The number of rotatable bonds is 7. The van der Waals surface area contributed by atoms with Gasteiger partial charge < -0.3 is 4.57 Å². The molecule has 0 saturated heterocycles. The monoisotopic (exact) mass is 408 g/mol. The van der Waals surface area contributed by atoms with Gasteiger partial charge in [-0.05, 0) is 35.9 Å². The van der Waals surface area contributed by atoms with Crippen molar-refractivity contribution in [1.29, 1.82) is 0 Å². The summed E-state index contributed by atoms with van der Waals surface area (Å²) in [5.74, 6) is -0.213. The van der Waals surface area contributed by atoms with Crippen molar-refractivity contribution in [3.63, 3.8) is 0 Å². The van der Waals surface area contributed by atoms with E-state index in [1.807, 2.05) is 60.7 Å². The number of nitro benzene ring substituents is 1. The zero-order chi connectivity index (χ0) is 21.8. The van der Waals surface area contributed by atoms with Crippen molar-refractivity contribution in [2.45, 2.75) is 6.54 Å². The van der Waals surface area contributed by atoms with Crippen LogP contribution in [0.25, 0.3) is 28.2 Å². The van der Waals surface area contributed by atoms with Crippen LogP contribution in [0.2, 0.25) is 0 Å². The molecule has 0 aliphatic heterocycles. The number of carbonyl (C=O) groups excluding carboxylic acids is 1. The zero-order valence-electron chi connectivity index (χ0n) is 16.8. The van der Waals surface area contributed by atoms with E-state index in [1.165, 1.54) is 30.3 Å². The highest BCUT2D eigenvalue weighted by atomic mass is 16.6. The number of para-hydroxylation sites is 1. The number of nitrogens with zero attached hydrogens (tertiary/aromatic N) is 2. The molecule has 4 rings (SSSR count). The average molecular weight is 408 g/mol. The van der Waals surface area contributed by atoms with Crippen LogP contribution < -0.4 is 0 Å². The lowest BCUT2D eigenvalue weighted by molar-refractivity contribution is -0.384. The minimum Gasteiger partial charge on any atom is -0.336 e. The van der Waals surface area contributed by atoms with Crippen LogP contribution in [0.4, 0.5) is 5.69 Å². The summed E-state index contributed by atoms with van der Waals surface area (Å²) in [7, 11) is 0. The maximum absolute atomic E-state index is 12.7. The van der Waals surface area contributed by atoms with Gasteiger partial charge in [-0.3, -0.25) is 14.9 Å². The summed E-state index contributed by atoms with van der Waals surface area (Å²) in [5, 5.41) is 11.9. The molecule has 1 heterocycles. The molecule has 0 aliphatic carbocycles. The molecular weight excluding hydrogens is 388 g/mol. The molecule has 0 saturated carbocycles. The third kappa shape index (κ3) is 3.94. The van der Waals surface area contributed by atoms with Crippen molar-refractivity contribution in [3.05, 3.63) is 119 Å². The van der Waals surface area contributed by atoms with Crippen LogP contribution in [-0.4, -0.2) is 15.3 Å². The van der Waals surface area contributed by atoms with E-state index in [2.05, 4.69) is 17.2 Å². The van der Waals surface area contributed by atoms with Gasteiger partial charge in [0.15, 0.2) is 5.78 Å². The minimum atomic E-state index is -0.481. The number of hydrogen-bond donors (Lipinski definition) is 0. The van der Waals surface area contributed by atoms with Gasteiger partial charge in [-0.1, -0.05) is 54.6 Å². The molecule has 0 atom stereocenters. The van der Waals surface area contributed by atoms with E-state index in [0.717, 1.165) is 27.7 Å². The fraction of sp³-hybridized carbons (Fsp3) is 0.0385. The number of non-ortho nitro benzene ring substituents is 1. The third-order valence-electron chi connectivity index (χ3n) is 5.13. The summed E-state index contributed by atoms with van der Waals surface area (Å²) in [6, 6.07) is 23.7. The summed E-state index contributed by atoms with van der Waals surface area (Å²) in [6.45, 7) is 4.53. The molecule has 31 heavy (non-hydrogen) atoms. The van der Waals surface area contributed by atoms with Gasteiger partial charge in [-0.2, -0.15) is 0 Å². The van der Waals surface area contributed by atoms with Crippen molar-refractivity contribution in [2.24, 2.45) is 0 Å². The van der Waals surface area contributed by atoms with Crippen LogP contribution in [0.5, 0.6) is 0 Å². The largest absolute Gasteiger partial charge is 0.336 e. The van der Waals surface area contributed by atoms with Gasteiger partial charge in [-0.15, -0.1) is 6.58 Å². The summed E-state index contributed by atoms with van der Waals surface area (Å²) < 4.78 is 2.19. The van der Waals surface area contributed by atoms with Crippen molar-refractivity contribution in [3.8, 4) is 11.3 Å². The standard InChI is InChI=1S/C26H20N2O3/c1-2-18-27-24-11-7-6-10-22(24)23(26(27)20-8-4-3-5-9-20)16-17-25(29)19-12-14-21(15-13-19)28(30)31/h2-17H,1,18H2/b17-16+. The van der Waals surface area contributed by atoms with Crippen LogP contribution >= 0.6 is 0 Å². The fourth-order valence-corrected chi connectivity index (χ4v) is 3.73. The van der Waals surface area contributed by atoms with Crippen LogP contribution in [0.3, 0.4) is 0 Å². The normalized spacial score (nSPS) is 11.1. The van der Waals surface area contributed by atoms with Gasteiger partial charge in [0, 0.05) is 40.7 Å². The van der Waals surface area contributed by atoms with E-state index in [-0.39, 0.29) is 11.5 Å². The topological polar surface area (TPSA) is 65.1 Å². The van der Waals surface area contributed by atoms with Crippen LogP contribution in [0.1, 0.15) is 15.9 Å². The summed E-state index contributed by atoms with van der Waals surface area (Å²) >= 11 is 0. The molecular formula is C26H20N2O3. The Morgan fingerprint density at radius 1 is 0.968 bits per heavy atom. The summed E-state index contributed by atoms with van der Waals surface area (Å²) in [5.41, 5.74) is 4.41. The first-order valence-corrected chi connectivity index (χ1v) is 9.84. The van der Waals surface area contributed by atoms with Crippen LogP contribution in [-0.2, 0) is 6.54 Å². The Balaban J connectivity index is 1.82. The number of allylic oxidation sites excluding steroid dienone is 2. The van der Waals surface area contributed by atoms with Crippen LogP contribution in [0.15, 0.2) is 97.6 Å². The molecule has 1 aromatic heterocycles. The molecule has 5 heteroatoms. The SMILES string of the molecule is C=CCn1c(-c2ccccc2)c(/C=C/C(=O)c2ccc([N+](=O)[O-])cc2)c2ccccc21. The number of benzene rings is 3. The Morgan fingerprint density at radius 3 is 2.32 bits per heavy atom. The van der Waals surface area contributed by atoms with Gasteiger partial charge in [0.1, 0.15) is 0 Å². The highest BCUT2D eigenvalue weighted by Crippen LogP contribution is 2.35. The van der Waals surface area contributed by atoms with Gasteiger partial charge in [-0.25, -0.2) is 0 Å². The predicted octanol–water partition coefficient (Wildman–Crippen LogP) is 6.30. The van der Waals surface area contributed by atoms with Crippen molar-refractivity contribution >= 4 is 28.4 Å². The lowest BCUT2D eigenvalue weighted by Gasteiger charge is -2.09. The zero-order valence-corrected chi connectivity index (χ0v) is 16.8. The van der Waals surface area contributed by atoms with Gasteiger partial charge in [0.05, 0.1) is 10.6 Å². The lowest BCUT2D eigenvalue weighted by Crippen LogP contribution is -1.98. The second kappa shape index (κ2) is 8.63. The van der Waals surface area contributed by atoms with E-state index >= 15 is 0 Å². The molecule has 0 aliphatic rings. The summed E-state index contributed by atoms with van der Waals surface area (Å²) in [4.78, 5) is 23.1. The second-order valence-corrected chi connectivity index (χ2v) is 7.05. The van der Waals surface area contributed by atoms with Crippen molar-refractivity contribution in [1.82, 2.24) is 4.57 Å². The molecule has 0 radical (unpaired) electrons. The molecule has 3 aromatic carbocycles. The van der Waals surface area contributed by atoms with Crippen LogP contribution in [0, 0.1) is 10.1 Å². The predicted molar refractivity (Wildman–Crippen MR) is 124 cm³/mol. The Bertz CT molecular complexity index is 1300. The Kier molecular flexibility index (Phi) is 5.58. The van der Waals surface area contributed by atoms with E-state index in [1.54, 1.807) is 0 Å². The quantitative estimate of drug-likeness (QED) is 0.118. The highest BCUT2D eigenvalue weighted by molar-refractivity contribution is 6.09. The number of nitro groups is 1.